The summed E-state index contributed by atoms with van der Waals surface area (Å²) in [5.74, 6) is -0.325. The van der Waals surface area contributed by atoms with Crippen LogP contribution in [0.25, 0.3) is 0 Å². The molecule has 0 unspecified atom stereocenters. The predicted octanol–water partition coefficient (Wildman–Crippen LogP) is 0.702. The van der Waals surface area contributed by atoms with Crippen LogP contribution < -0.4 is 11.5 Å². The number of hydrogen-bond donors (Lipinski definition) is 2. The molecular weight excluding hydrogens is 230 g/mol. The van der Waals surface area contributed by atoms with Crippen molar-refractivity contribution in [3.05, 3.63) is 35.7 Å². The third-order valence-electron chi connectivity index (χ3n) is 2.15. The van der Waals surface area contributed by atoms with Gasteiger partial charge >= 0.3 is 0 Å². The molecule has 0 aliphatic rings. The highest BCUT2D eigenvalue weighted by Gasteiger charge is 2.09. The average Bonchev–Trinajstić information content (AvgIpc) is 2.35. The molecule has 0 aliphatic carbocycles. The van der Waals surface area contributed by atoms with E-state index in [1.807, 2.05) is 19.1 Å². The quantitative estimate of drug-likeness (QED) is 0.453. The van der Waals surface area contributed by atoms with E-state index in [0.29, 0.717) is 5.82 Å². The largest absolute Gasteiger partial charge is 0.383 e. The van der Waals surface area contributed by atoms with E-state index >= 15 is 0 Å². The molecule has 0 atom stereocenters. The van der Waals surface area contributed by atoms with Gasteiger partial charge in [0.2, 0.25) is 0 Å². The van der Waals surface area contributed by atoms with Crippen LogP contribution in [-0.4, -0.2) is 23.4 Å². The average molecular weight is 245 g/mol. The van der Waals surface area contributed by atoms with Crippen molar-refractivity contribution in [3.63, 3.8) is 0 Å². The van der Waals surface area contributed by atoms with Gasteiger partial charge in [0.15, 0.2) is 5.82 Å². The first-order valence-corrected chi connectivity index (χ1v) is 5.34. The predicted molar refractivity (Wildman–Crippen MR) is 71.7 cm³/mol. The number of primary amides is 1. The Kier molecular flexibility index (Phi) is 4.74. The van der Waals surface area contributed by atoms with E-state index in [1.54, 1.807) is 6.07 Å². The molecule has 4 N–H and O–H groups in total. The summed E-state index contributed by atoms with van der Waals surface area (Å²) in [4.78, 5) is 22.9. The molecular formula is C12H15N5O. The highest BCUT2D eigenvalue weighted by Crippen LogP contribution is 2.10. The van der Waals surface area contributed by atoms with Gasteiger partial charge in [-0.2, -0.15) is 0 Å². The van der Waals surface area contributed by atoms with Crippen LogP contribution in [0.4, 0.5) is 5.82 Å². The summed E-state index contributed by atoms with van der Waals surface area (Å²) in [5, 5.41) is 0. The van der Waals surface area contributed by atoms with Crippen LogP contribution in [0.1, 0.15) is 12.6 Å². The summed E-state index contributed by atoms with van der Waals surface area (Å²) in [6.45, 7) is 5.22. The zero-order valence-electron chi connectivity index (χ0n) is 10.1. The van der Waals surface area contributed by atoms with Crippen molar-refractivity contribution >= 4 is 24.3 Å². The smallest absolute Gasteiger partial charge is 0.254 e. The fraction of sp³-hybridized carbons (Fsp3) is 0.167. The standard InChI is InChI=1S/C12H15N5O/c1-3-8-5-4-6-10(16-8)17-11(13)9(7-15-2)12(14)18/h4-7H,2-3H2,1H3,(H2,14,18)(H2,13,16,17)/b9-7+. The first-order chi connectivity index (χ1) is 8.58. The molecule has 0 bridgehead atoms. The first kappa shape index (κ1) is 13.6. The number of nitrogens with zero attached hydrogens (tertiary/aromatic N) is 3. The zero-order chi connectivity index (χ0) is 13.5. The highest BCUT2D eigenvalue weighted by atomic mass is 16.1. The lowest BCUT2D eigenvalue weighted by Gasteiger charge is -2.02. The molecule has 1 amide bonds. The summed E-state index contributed by atoms with van der Waals surface area (Å²) in [7, 11) is 0. The van der Waals surface area contributed by atoms with Gasteiger partial charge in [-0.1, -0.05) is 13.0 Å². The van der Waals surface area contributed by atoms with Gasteiger partial charge in [-0.25, -0.2) is 9.98 Å². The van der Waals surface area contributed by atoms with Gasteiger partial charge in [-0.15, -0.1) is 0 Å². The Morgan fingerprint density at radius 3 is 2.78 bits per heavy atom. The summed E-state index contributed by atoms with van der Waals surface area (Å²) < 4.78 is 0. The van der Waals surface area contributed by atoms with E-state index in [2.05, 4.69) is 21.7 Å². The Balaban J connectivity index is 3.10. The monoisotopic (exact) mass is 245 g/mol. The van der Waals surface area contributed by atoms with Gasteiger partial charge in [-0.05, 0) is 25.3 Å². The molecule has 6 heteroatoms. The van der Waals surface area contributed by atoms with Gasteiger partial charge in [-0.3, -0.25) is 9.79 Å². The number of amides is 1. The van der Waals surface area contributed by atoms with Crippen LogP contribution in [0.2, 0.25) is 0 Å². The van der Waals surface area contributed by atoms with E-state index in [9.17, 15) is 4.79 Å². The molecule has 0 saturated carbocycles. The molecule has 0 fully saturated rings. The van der Waals surface area contributed by atoms with Crippen LogP contribution in [0.5, 0.6) is 0 Å². The summed E-state index contributed by atoms with van der Waals surface area (Å²) in [6.07, 6.45) is 1.96. The fourth-order valence-corrected chi connectivity index (χ4v) is 1.26. The van der Waals surface area contributed by atoms with Crippen molar-refractivity contribution in [2.24, 2.45) is 21.5 Å². The number of rotatable bonds is 5. The van der Waals surface area contributed by atoms with Crippen LogP contribution in [0.15, 0.2) is 40.0 Å². The van der Waals surface area contributed by atoms with Crippen LogP contribution in [0, 0.1) is 0 Å². The SMILES string of the molecule is C=N/C=C(C(N)=O)\C(N)=N\c1cccc(CC)n1. The Labute approximate surface area is 105 Å². The van der Waals surface area contributed by atoms with E-state index < -0.39 is 5.91 Å². The van der Waals surface area contributed by atoms with Crippen molar-refractivity contribution in [3.8, 4) is 0 Å². The molecule has 18 heavy (non-hydrogen) atoms. The molecule has 0 spiro atoms. The second-order valence-corrected chi connectivity index (χ2v) is 3.43. The molecule has 1 heterocycles. The molecule has 6 nitrogen and oxygen atoms in total. The maximum atomic E-state index is 11.1. The summed E-state index contributed by atoms with van der Waals surface area (Å²) in [6, 6.07) is 5.38. The first-order valence-electron chi connectivity index (χ1n) is 5.34. The minimum atomic E-state index is -0.713. The number of nitrogens with two attached hydrogens (primary N) is 2. The molecule has 0 radical (unpaired) electrons. The van der Waals surface area contributed by atoms with Gasteiger partial charge in [0.1, 0.15) is 5.84 Å². The number of hydrogen-bond acceptors (Lipinski definition) is 4. The lowest BCUT2D eigenvalue weighted by atomic mass is 10.2. The number of aromatic nitrogens is 1. The van der Waals surface area contributed by atoms with Gasteiger partial charge in [0, 0.05) is 11.9 Å². The van der Waals surface area contributed by atoms with Crippen molar-refractivity contribution < 1.29 is 4.79 Å². The van der Waals surface area contributed by atoms with Crippen molar-refractivity contribution in [1.29, 1.82) is 0 Å². The summed E-state index contributed by atoms with van der Waals surface area (Å²) in [5.41, 5.74) is 11.7. The van der Waals surface area contributed by atoms with Crippen LogP contribution >= 0.6 is 0 Å². The van der Waals surface area contributed by atoms with Gasteiger partial charge in [0.25, 0.3) is 5.91 Å². The molecule has 1 aromatic rings. The number of aryl methyl sites for hydroxylation is 1. The Hall–Kier alpha value is -2.50. The molecule has 1 rings (SSSR count). The normalized spacial score (nSPS) is 12.3. The molecule has 0 saturated heterocycles. The number of carbonyl (C=O) groups is 1. The van der Waals surface area contributed by atoms with Gasteiger partial charge < -0.3 is 11.5 Å². The third-order valence-corrected chi connectivity index (χ3v) is 2.15. The minimum absolute atomic E-state index is 0.00806. The second kappa shape index (κ2) is 6.29. The Morgan fingerprint density at radius 2 is 2.22 bits per heavy atom. The maximum absolute atomic E-state index is 11.1. The fourth-order valence-electron chi connectivity index (χ4n) is 1.26. The number of amidine groups is 1. The maximum Gasteiger partial charge on any atom is 0.254 e. The second-order valence-electron chi connectivity index (χ2n) is 3.43. The molecule has 0 aliphatic heterocycles. The number of carbonyl (C=O) groups excluding carboxylic acids is 1. The highest BCUT2D eigenvalue weighted by molar-refractivity contribution is 6.20. The molecule has 0 aromatic carbocycles. The number of pyridine rings is 1. The Bertz CT molecular complexity index is 519. The molecule has 1 aromatic heterocycles. The minimum Gasteiger partial charge on any atom is -0.383 e. The van der Waals surface area contributed by atoms with E-state index in [1.165, 1.54) is 6.20 Å². The van der Waals surface area contributed by atoms with Gasteiger partial charge in [0.05, 0.1) is 5.57 Å². The van der Waals surface area contributed by atoms with Crippen molar-refractivity contribution in [2.45, 2.75) is 13.3 Å². The van der Waals surface area contributed by atoms with E-state index in [-0.39, 0.29) is 11.4 Å². The van der Waals surface area contributed by atoms with Crippen molar-refractivity contribution in [2.75, 3.05) is 0 Å². The lowest BCUT2D eigenvalue weighted by Crippen LogP contribution is -2.26. The van der Waals surface area contributed by atoms with E-state index in [0.717, 1.165) is 12.1 Å². The zero-order valence-corrected chi connectivity index (χ0v) is 10.1. The topological polar surface area (TPSA) is 107 Å². The lowest BCUT2D eigenvalue weighted by molar-refractivity contribution is -0.114. The van der Waals surface area contributed by atoms with Crippen molar-refractivity contribution in [1.82, 2.24) is 4.98 Å². The third kappa shape index (κ3) is 3.51. The number of aliphatic imine (C=N–C) groups is 2. The molecule has 94 valence electrons. The Morgan fingerprint density at radius 1 is 1.50 bits per heavy atom. The van der Waals surface area contributed by atoms with E-state index in [4.69, 9.17) is 11.5 Å². The summed E-state index contributed by atoms with van der Waals surface area (Å²) >= 11 is 0. The van der Waals surface area contributed by atoms with Crippen LogP contribution in [-0.2, 0) is 11.2 Å². The van der Waals surface area contributed by atoms with Crippen LogP contribution in [0.3, 0.4) is 0 Å².